The number of carbonyl (C=O) groups excluding carboxylic acids is 1. The Kier molecular flexibility index (Phi) is 16.7. The Bertz CT molecular complexity index is 1150. The molecule has 7 N–H and O–H groups in total. The van der Waals surface area contributed by atoms with Crippen LogP contribution in [0.15, 0.2) is 0 Å². The number of ketones is 1. The van der Waals surface area contributed by atoms with Gasteiger partial charge >= 0.3 is 5.97 Å². The highest BCUT2D eigenvalue weighted by atomic mass is 16.7. The van der Waals surface area contributed by atoms with Crippen molar-refractivity contribution in [3.8, 4) is 0 Å². The van der Waals surface area contributed by atoms with Crippen LogP contribution in [0.3, 0.4) is 0 Å². The Morgan fingerprint density at radius 1 is 1.00 bits per heavy atom. The van der Waals surface area contributed by atoms with Crippen molar-refractivity contribution >= 4 is 11.8 Å². The largest absolute Gasteiger partial charge is 0.481 e. The van der Waals surface area contributed by atoms with Gasteiger partial charge < -0.3 is 64.3 Å². The van der Waals surface area contributed by atoms with E-state index in [0.717, 1.165) is 0 Å². The zero-order chi connectivity index (χ0) is 40.3. The lowest BCUT2D eigenvalue weighted by Crippen LogP contribution is -2.60. The molecule has 0 aromatic heterocycles. The normalized spacial score (nSPS) is 35.7. The van der Waals surface area contributed by atoms with E-state index in [9.17, 15) is 45.3 Å². The van der Waals surface area contributed by atoms with E-state index in [1.54, 1.807) is 34.6 Å². The second-order valence-corrected chi connectivity index (χ2v) is 16.4. The number of aliphatic carboxylic acids is 1. The predicted octanol–water partition coefficient (Wildman–Crippen LogP) is 1.31. The minimum absolute atomic E-state index is 0.0568. The molecule has 2 heterocycles. The van der Waals surface area contributed by atoms with Crippen molar-refractivity contribution in [2.75, 3.05) is 21.2 Å². The fourth-order valence-electron chi connectivity index (χ4n) is 7.97. The molecule has 306 valence electrons. The Labute approximate surface area is 309 Å². The summed E-state index contributed by atoms with van der Waals surface area (Å²) in [5.74, 6) is -5.88. The first-order valence-corrected chi connectivity index (χ1v) is 18.5. The summed E-state index contributed by atoms with van der Waals surface area (Å²) < 4.78 is 30.6. The Morgan fingerprint density at radius 2 is 1.58 bits per heavy atom. The van der Waals surface area contributed by atoms with Crippen LogP contribution in [-0.4, -0.2) is 158 Å². The van der Waals surface area contributed by atoms with Crippen LogP contribution in [0.5, 0.6) is 0 Å². The van der Waals surface area contributed by atoms with E-state index in [0.29, 0.717) is 6.42 Å². The molecular weight excluding hydrogens is 682 g/mol. The van der Waals surface area contributed by atoms with Gasteiger partial charge in [0.15, 0.2) is 12.6 Å². The number of hydrogen-bond donors (Lipinski definition) is 7. The summed E-state index contributed by atoms with van der Waals surface area (Å²) in [6, 6.07) is -0.371. The van der Waals surface area contributed by atoms with Crippen molar-refractivity contribution < 1.29 is 69.0 Å². The van der Waals surface area contributed by atoms with E-state index in [-0.39, 0.29) is 31.4 Å². The zero-order valence-electron chi connectivity index (χ0n) is 33.4. The molecule has 2 aliphatic rings. The third kappa shape index (κ3) is 10.7. The molecular formula is C37H69NO14. The monoisotopic (exact) mass is 751 g/mol. The SMILES string of the molecule is CC[C@H](O)C(C)(O)[C@H](O)[C@@H](C)C(=O)[C@@H](C)C[C@@](C)(O)[C@@H](O[C@@H]1OC(C)CC(N(C)C)C1O)[C@H](C)[C@@H](O[C@H]1CC(C)(OC)[C@@H](O)C(C)O1)[C@@H](C)C(=O)O. The molecule has 0 aromatic carbocycles. The maximum absolute atomic E-state index is 13.7. The molecule has 2 saturated heterocycles. The first-order chi connectivity index (χ1) is 23.8. The van der Waals surface area contributed by atoms with Crippen LogP contribution in [0.4, 0.5) is 0 Å². The molecule has 52 heavy (non-hydrogen) atoms. The lowest BCUT2D eigenvalue weighted by atomic mass is 9.74. The van der Waals surface area contributed by atoms with Gasteiger partial charge in [0.1, 0.15) is 23.6 Å². The molecule has 15 nitrogen and oxygen atoms in total. The van der Waals surface area contributed by atoms with Gasteiger partial charge in [-0.2, -0.15) is 0 Å². The quantitative estimate of drug-likeness (QED) is 0.0988. The summed E-state index contributed by atoms with van der Waals surface area (Å²) in [4.78, 5) is 28.1. The van der Waals surface area contributed by atoms with Crippen LogP contribution in [0.25, 0.3) is 0 Å². The van der Waals surface area contributed by atoms with Crippen LogP contribution in [0.1, 0.15) is 94.9 Å². The number of carboxylic acids is 1. The smallest absolute Gasteiger partial charge is 0.308 e. The highest BCUT2D eigenvalue weighted by Crippen LogP contribution is 2.39. The van der Waals surface area contributed by atoms with Crippen LogP contribution in [-0.2, 0) is 33.3 Å². The summed E-state index contributed by atoms with van der Waals surface area (Å²) in [5, 5.41) is 76.9. The number of aliphatic hydroxyl groups is 6. The van der Waals surface area contributed by atoms with E-state index in [1.807, 2.05) is 25.9 Å². The van der Waals surface area contributed by atoms with Crippen molar-refractivity contribution in [2.24, 2.45) is 23.7 Å². The van der Waals surface area contributed by atoms with Gasteiger partial charge in [-0.25, -0.2) is 0 Å². The van der Waals surface area contributed by atoms with Crippen LogP contribution >= 0.6 is 0 Å². The second-order valence-electron chi connectivity index (χ2n) is 16.4. The number of carboxylic acid groups (broad SMARTS) is 1. The van der Waals surface area contributed by atoms with E-state index in [1.165, 1.54) is 34.8 Å². The standard InChI is InChI=1S/C37H69NO14/c1-14-25(39)37(10,47)30(42)20(4)27(40)18(2)16-35(8,46)32(52-34-28(41)24(38(11)12)15-19(3)49-34)21(5)29(22(6)33(44)45)51-26-17-36(9,48-13)31(43)23(7)50-26/h18-26,28-32,34,39,41-43,46-47H,14-17H2,1-13H3,(H,44,45)/t18-,19?,20-,21+,22+,23?,24?,25-,26-,28?,29+,30+,31-,32-,34-,35+,36?,37?/m0/s1. The number of hydrogen-bond acceptors (Lipinski definition) is 14. The summed E-state index contributed by atoms with van der Waals surface area (Å²) in [6.45, 7) is 15.6. The maximum Gasteiger partial charge on any atom is 0.308 e. The molecule has 0 bridgehead atoms. The minimum Gasteiger partial charge on any atom is -0.481 e. The Morgan fingerprint density at radius 3 is 2.08 bits per heavy atom. The van der Waals surface area contributed by atoms with Gasteiger partial charge in [-0.15, -0.1) is 0 Å². The molecule has 2 fully saturated rings. The van der Waals surface area contributed by atoms with Crippen LogP contribution in [0, 0.1) is 23.7 Å². The highest BCUT2D eigenvalue weighted by molar-refractivity contribution is 5.83. The number of nitrogens with zero attached hydrogens (tertiary/aromatic N) is 1. The molecule has 0 spiro atoms. The van der Waals surface area contributed by atoms with Gasteiger partial charge in [0.2, 0.25) is 0 Å². The van der Waals surface area contributed by atoms with Crippen LogP contribution < -0.4 is 0 Å². The van der Waals surface area contributed by atoms with Gasteiger partial charge in [0, 0.05) is 37.3 Å². The average molecular weight is 752 g/mol. The van der Waals surface area contributed by atoms with E-state index >= 15 is 0 Å². The number of rotatable bonds is 19. The van der Waals surface area contributed by atoms with Gasteiger partial charge in [-0.05, 0) is 74.9 Å². The Balaban J connectivity index is 2.57. The van der Waals surface area contributed by atoms with Crippen molar-refractivity contribution in [3.05, 3.63) is 0 Å². The maximum atomic E-state index is 13.7. The first-order valence-electron chi connectivity index (χ1n) is 18.5. The molecule has 2 rings (SSSR count). The van der Waals surface area contributed by atoms with Gasteiger partial charge in [-0.1, -0.05) is 27.7 Å². The molecule has 6 unspecified atom stereocenters. The molecule has 15 heteroatoms. The summed E-state index contributed by atoms with van der Waals surface area (Å²) in [7, 11) is 5.08. The summed E-state index contributed by atoms with van der Waals surface area (Å²) >= 11 is 0. The van der Waals surface area contributed by atoms with E-state index in [2.05, 4.69) is 0 Å². The zero-order valence-corrected chi connectivity index (χ0v) is 33.4. The second kappa shape index (κ2) is 18.5. The van der Waals surface area contributed by atoms with Crippen molar-refractivity contribution in [1.29, 1.82) is 0 Å². The molecule has 0 aliphatic carbocycles. The summed E-state index contributed by atoms with van der Waals surface area (Å²) in [6.07, 6.45) is -10.5. The molecule has 0 radical (unpaired) electrons. The lowest BCUT2D eigenvalue weighted by Gasteiger charge is -2.48. The number of ether oxygens (including phenoxy) is 5. The lowest BCUT2D eigenvalue weighted by molar-refractivity contribution is -0.317. The predicted molar refractivity (Wildman–Crippen MR) is 190 cm³/mol. The van der Waals surface area contributed by atoms with Gasteiger partial charge in [-0.3, -0.25) is 9.59 Å². The number of methoxy groups -OCH3 is 1. The Hall–Kier alpha value is -1.34. The van der Waals surface area contributed by atoms with E-state index < -0.39 is 108 Å². The first kappa shape index (κ1) is 46.8. The third-order valence-electron chi connectivity index (χ3n) is 11.6. The molecule has 18 atom stereocenters. The summed E-state index contributed by atoms with van der Waals surface area (Å²) in [5.41, 5.74) is -4.96. The number of Topliss-reactive ketones (excluding diaryl/α,β-unsaturated/α-hetero) is 1. The molecule has 0 aromatic rings. The van der Waals surface area contributed by atoms with Crippen molar-refractivity contribution in [3.63, 3.8) is 0 Å². The molecule has 2 aliphatic heterocycles. The van der Waals surface area contributed by atoms with Gasteiger partial charge in [0.05, 0.1) is 53.7 Å². The minimum atomic E-state index is -1.98. The molecule has 0 saturated carbocycles. The highest BCUT2D eigenvalue weighted by Gasteiger charge is 2.52. The number of carbonyl (C=O) groups is 2. The van der Waals surface area contributed by atoms with E-state index in [4.69, 9.17) is 23.7 Å². The van der Waals surface area contributed by atoms with Gasteiger partial charge in [0.25, 0.3) is 0 Å². The van der Waals surface area contributed by atoms with Crippen LogP contribution in [0.2, 0.25) is 0 Å². The van der Waals surface area contributed by atoms with Crippen molar-refractivity contribution in [1.82, 2.24) is 4.90 Å². The third-order valence-corrected chi connectivity index (χ3v) is 11.6. The molecule has 0 amide bonds. The number of aliphatic hydroxyl groups excluding tert-OH is 4. The fraction of sp³-hybridized carbons (Fsp3) is 0.946. The average Bonchev–Trinajstić information content (AvgIpc) is 3.06. The fourth-order valence-corrected chi connectivity index (χ4v) is 7.97. The number of likely N-dealkylation sites (N-methyl/N-ethyl adjacent to an activating group) is 1. The van der Waals surface area contributed by atoms with Crippen molar-refractivity contribution in [2.45, 2.75) is 179 Å². The topological polar surface area (TPSA) is 225 Å².